The molecule has 0 spiro atoms. The molecular formula is C11H13N3O2S. The molecule has 1 amide bonds. The van der Waals surface area contributed by atoms with Crippen molar-refractivity contribution in [3.05, 3.63) is 39.7 Å². The molecule has 0 unspecified atom stereocenters. The summed E-state index contributed by atoms with van der Waals surface area (Å²) < 4.78 is 5.23. The molecule has 2 rings (SSSR count). The van der Waals surface area contributed by atoms with Crippen LogP contribution in [-0.2, 0) is 13.1 Å². The number of amides is 1. The van der Waals surface area contributed by atoms with Crippen LogP contribution < -0.4 is 11.1 Å². The second-order valence-electron chi connectivity index (χ2n) is 3.52. The number of nitrogens with zero attached hydrogens (tertiary/aromatic N) is 1. The second kappa shape index (κ2) is 5.11. The topological polar surface area (TPSA) is 81.2 Å². The molecule has 6 heteroatoms. The molecule has 0 radical (unpaired) electrons. The van der Waals surface area contributed by atoms with Gasteiger partial charge in [-0.1, -0.05) is 0 Å². The Balaban J connectivity index is 1.93. The summed E-state index contributed by atoms with van der Waals surface area (Å²) in [6.45, 7) is 2.68. The van der Waals surface area contributed by atoms with Crippen molar-refractivity contribution >= 4 is 17.2 Å². The highest BCUT2D eigenvalue weighted by Crippen LogP contribution is 2.11. The maximum absolute atomic E-state index is 11.7. The predicted molar refractivity (Wildman–Crippen MR) is 64.6 cm³/mol. The van der Waals surface area contributed by atoms with Gasteiger partial charge in [-0.25, -0.2) is 4.98 Å². The van der Waals surface area contributed by atoms with E-state index in [-0.39, 0.29) is 11.7 Å². The fraction of sp³-hybridized carbons (Fsp3) is 0.273. The fourth-order valence-corrected chi connectivity index (χ4v) is 2.06. The van der Waals surface area contributed by atoms with E-state index < -0.39 is 0 Å². The van der Waals surface area contributed by atoms with Crippen molar-refractivity contribution < 1.29 is 9.21 Å². The molecule has 2 aromatic heterocycles. The number of aromatic nitrogens is 1. The van der Waals surface area contributed by atoms with Crippen molar-refractivity contribution in [2.45, 2.75) is 20.0 Å². The second-order valence-corrected chi connectivity index (χ2v) is 4.84. The van der Waals surface area contributed by atoms with Gasteiger partial charge in [0.1, 0.15) is 10.8 Å². The Kier molecular flexibility index (Phi) is 3.55. The predicted octanol–water partition coefficient (Wildman–Crippen LogP) is 1.43. The molecule has 17 heavy (non-hydrogen) atoms. The summed E-state index contributed by atoms with van der Waals surface area (Å²) in [5.74, 6) is 0.622. The van der Waals surface area contributed by atoms with E-state index in [2.05, 4.69) is 10.3 Å². The van der Waals surface area contributed by atoms with E-state index in [0.717, 1.165) is 9.88 Å². The molecule has 0 saturated carbocycles. The first-order chi connectivity index (χ1) is 8.19. The van der Waals surface area contributed by atoms with E-state index in [0.29, 0.717) is 18.8 Å². The van der Waals surface area contributed by atoms with Crippen LogP contribution in [0.4, 0.5) is 0 Å². The summed E-state index contributed by atoms with van der Waals surface area (Å²) in [6.07, 6.45) is 1.78. The average molecular weight is 251 g/mol. The molecule has 0 bridgehead atoms. The number of rotatable bonds is 4. The lowest BCUT2D eigenvalue weighted by Gasteiger charge is -1.99. The lowest BCUT2D eigenvalue weighted by molar-refractivity contribution is 0.0921. The standard InChI is InChI=1S/C11H13N3O2S/c1-7-5-13-10(17-7)6-14-11(15)9-3-2-8(4-12)16-9/h2-3,5H,4,6,12H2,1H3,(H,14,15). The minimum atomic E-state index is -0.252. The number of carbonyl (C=O) groups is 1. The van der Waals surface area contributed by atoms with Crippen molar-refractivity contribution in [1.82, 2.24) is 10.3 Å². The van der Waals surface area contributed by atoms with E-state index in [1.165, 1.54) is 0 Å². The van der Waals surface area contributed by atoms with Gasteiger partial charge in [0, 0.05) is 11.1 Å². The van der Waals surface area contributed by atoms with E-state index in [1.807, 2.05) is 6.92 Å². The maximum Gasteiger partial charge on any atom is 0.287 e. The van der Waals surface area contributed by atoms with Gasteiger partial charge in [0.05, 0.1) is 13.1 Å². The van der Waals surface area contributed by atoms with Crippen LogP contribution in [-0.4, -0.2) is 10.9 Å². The SMILES string of the molecule is Cc1cnc(CNC(=O)c2ccc(CN)o2)s1. The Morgan fingerprint density at radius 1 is 1.59 bits per heavy atom. The van der Waals surface area contributed by atoms with Gasteiger partial charge in [0.2, 0.25) is 0 Å². The summed E-state index contributed by atoms with van der Waals surface area (Å²) in [5, 5.41) is 3.62. The van der Waals surface area contributed by atoms with Gasteiger partial charge in [-0.2, -0.15) is 0 Å². The van der Waals surface area contributed by atoms with Crippen molar-refractivity contribution in [1.29, 1.82) is 0 Å². The quantitative estimate of drug-likeness (QED) is 0.861. The number of carbonyl (C=O) groups excluding carboxylic acids is 1. The first-order valence-corrected chi connectivity index (χ1v) is 5.99. The number of furan rings is 1. The van der Waals surface area contributed by atoms with Gasteiger partial charge in [0.15, 0.2) is 5.76 Å². The van der Waals surface area contributed by atoms with E-state index in [4.69, 9.17) is 10.2 Å². The Morgan fingerprint density at radius 3 is 3.00 bits per heavy atom. The van der Waals surface area contributed by atoms with E-state index >= 15 is 0 Å². The first kappa shape index (κ1) is 11.8. The Labute approximate surface area is 103 Å². The largest absolute Gasteiger partial charge is 0.455 e. The average Bonchev–Trinajstić information content (AvgIpc) is 2.94. The molecule has 0 fully saturated rings. The van der Waals surface area contributed by atoms with Gasteiger partial charge < -0.3 is 15.5 Å². The third-order valence-electron chi connectivity index (χ3n) is 2.16. The van der Waals surface area contributed by atoms with Crippen LogP contribution in [0.25, 0.3) is 0 Å². The van der Waals surface area contributed by atoms with E-state index in [9.17, 15) is 4.79 Å². The monoisotopic (exact) mass is 251 g/mol. The lowest BCUT2D eigenvalue weighted by atomic mass is 10.4. The Morgan fingerprint density at radius 2 is 2.41 bits per heavy atom. The zero-order chi connectivity index (χ0) is 12.3. The zero-order valence-electron chi connectivity index (χ0n) is 9.40. The third-order valence-corrected chi connectivity index (χ3v) is 3.07. The Hall–Kier alpha value is -1.66. The number of thiazole rings is 1. The molecule has 3 N–H and O–H groups in total. The minimum absolute atomic E-state index is 0.252. The molecule has 0 aromatic carbocycles. The summed E-state index contributed by atoms with van der Waals surface area (Å²) in [6, 6.07) is 3.31. The summed E-state index contributed by atoms with van der Waals surface area (Å²) in [7, 11) is 0. The maximum atomic E-state index is 11.7. The molecule has 0 aliphatic carbocycles. The van der Waals surface area contributed by atoms with Gasteiger partial charge in [-0.05, 0) is 19.1 Å². The summed E-state index contributed by atoms with van der Waals surface area (Å²) in [5.41, 5.74) is 5.40. The van der Waals surface area contributed by atoms with Crippen LogP contribution in [0.1, 0.15) is 26.2 Å². The third kappa shape index (κ3) is 2.92. The van der Waals surface area contributed by atoms with Gasteiger partial charge in [-0.15, -0.1) is 11.3 Å². The van der Waals surface area contributed by atoms with E-state index in [1.54, 1.807) is 29.7 Å². The first-order valence-electron chi connectivity index (χ1n) is 5.17. The molecular weight excluding hydrogens is 238 g/mol. The molecule has 2 heterocycles. The number of aryl methyl sites for hydroxylation is 1. The van der Waals surface area contributed by atoms with Crippen molar-refractivity contribution in [3.63, 3.8) is 0 Å². The molecule has 90 valence electrons. The zero-order valence-corrected chi connectivity index (χ0v) is 10.2. The highest BCUT2D eigenvalue weighted by atomic mass is 32.1. The summed E-state index contributed by atoms with van der Waals surface area (Å²) in [4.78, 5) is 17.0. The van der Waals surface area contributed by atoms with Gasteiger partial charge in [-0.3, -0.25) is 4.79 Å². The van der Waals surface area contributed by atoms with Crippen molar-refractivity contribution in [2.75, 3.05) is 0 Å². The van der Waals surface area contributed by atoms with Gasteiger partial charge in [0.25, 0.3) is 5.91 Å². The normalized spacial score (nSPS) is 10.5. The molecule has 0 saturated heterocycles. The molecule has 5 nitrogen and oxygen atoms in total. The van der Waals surface area contributed by atoms with Crippen LogP contribution in [0.3, 0.4) is 0 Å². The minimum Gasteiger partial charge on any atom is -0.455 e. The number of hydrogen-bond acceptors (Lipinski definition) is 5. The molecule has 0 aliphatic rings. The smallest absolute Gasteiger partial charge is 0.287 e. The van der Waals surface area contributed by atoms with Crippen molar-refractivity contribution in [2.24, 2.45) is 5.73 Å². The molecule has 2 aromatic rings. The van der Waals surface area contributed by atoms with Crippen LogP contribution in [0, 0.1) is 6.92 Å². The number of nitrogens with one attached hydrogen (secondary N) is 1. The molecule has 0 aliphatic heterocycles. The number of hydrogen-bond donors (Lipinski definition) is 2. The lowest BCUT2D eigenvalue weighted by Crippen LogP contribution is -2.22. The van der Waals surface area contributed by atoms with Crippen LogP contribution in [0.2, 0.25) is 0 Å². The van der Waals surface area contributed by atoms with Crippen molar-refractivity contribution in [3.8, 4) is 0 Å². The van der Waals surface area contributed by atoms with Crippen LogP contribution in [0.15, 0.2) is 22.7 Å². The highest BCUT2D eigenvalue weighted by molar-refractivity contribution is 7.11. The van der Waals surface area contributed by atoms with Crippen LogP contribution in [0.5, 0.6) is 0 Å². The molecule has 0 atom stereocenters. The van der Waals surface area contributed by atoms with Gasteiger partial charge >= 0.3 is 0 Å². The fourth-order valence-electron chi connectivity index (χ4n) is 1.34. The Bertz CT molecular complexity index is 518. The van der Waals surface area contributed by atoms with Crippen LogP contribution >= 0.6 is 11.3 Å². The number of nitrogens with two attached hydrogens (primary N) is 1. The summed E-state index contributed by atoms with van der Waals surface area (Å²) >= 11 is 1.56. The highest BCUT2D eigenvalue weighted by Gasteiger charge is 2.10.